The molecule has 0 spiro atoms. The Bertz CT molecular complexity index is 589. The summed E-state index contributed by atoms with van der Waals surface area (Å²) < 4.78 is 0. The van der Waals surface area contributed by atoms with Gasteiger partial charge >= 0.3 is 0 Å². The molecule has 1 aromatic carbocycles. The lowest BCUT2D eigenvalue weighted by Gasteiger charge is -2.07. The summed E-state index contributed by atoms with van der Waals surface area (Å²) in [6.07, 6.45) is 1.48. The van der Waals surface area contributed by atoms with Gasteiger partial charge < -0.3 is 5.32 Å². The molecule has 0 fully saturated rings. The maximum Gasteiger partial charge on any atom is 0.171 e. The molecular weight excluding hydrogens is 236 g/mol. The van der Waals surface area contributed by atoms with E-state index in [0.29, 0.717) is 16.4 Å². The molecule has 2 rings (SSSR count). The van der Waals surface area contributed by atoms with Crippen LogP contribution < -0.4 is 5.32 Å². The summed E-state index contributed by atoms with van der Waals surface area (Å²) in [5.74, 6) is 0.426. The van der Waals surface area contributed by atoms with Crippen LogP contribution in [0.15, 0.2) is 30.5 Å². The van der Waals surface area contributed by atoms with Gasteiger partial charge in [0.15, 0.2) is 5.82 Å². The molecule has 1 heterocycles. The van der Waals surface area contributed by atoms with E-state index in [0.717, 1.165) is 11.3 Å². The Labute approximate surface area is 104 Å². The highest BCUT2D eigenvalue weighted by Crippen LogP contribution is 2.23. The first-order valence-corrected chi connectivity index (χ1v) is 5.33. The molecule has 2 aromatic rings. The Morgan fingerprint density at radius 1 is 1.35 bits per heavy atom. The molecule has 0 aliphatic carbocycles. The van der Waals surface area contributed by atoms with Gasteiger partial charge in [0.25, 0.3) is 0 Å². The zero-order valence-corrected chi connectivity index (χ0v) is 9.86. The van der Waals surface area contributed by atoms with Crippen molar-refractivity contribution in [1.29, 1.82) is 5.26 Å². The van der Waals surface area contributed by atoms with Crippen molar-refractivity contribution < 1.29 is 0 Å². The number of hydrogen-bond donors (Lipinski definition) is 1. The van der Waals surface area contributed by atoms with E-state index in [4.69, 9.17) is 16.9 Å². The minimum absolute atomic E-state index is 0.426. The fraction of sp³-hybridized carbons (Fsp3) is 0.0833. The lowest BCUT2D eigenvalue weighted by Crippen LogP contribution is -1.98. The van der Waals surface area contributed by atoms with Gasteiger partial charge in [0.1, 0.15) is 6.07 Å². The Morgan fingerprint density at radius 3 is 2.88 bits per heavy atom. The largest absolute Gasteiger partial charge is 0.338 e. The van der Waals surface area contributed by atoms with Crippen molar-refractivity contribution in [3.63, 3.8) is 0 Å². The van der Waals surface area contributed by atoms with E-state index in [1.54, 1.807) is 12.1 Å². The van der Waals surface area contributed by atoms with E-state index < -0.39 is 0 Å². The Balaban J connectivity index is 2.32. The number of aryl methyl sites for hydroxylation is 1. The molecule has 5 heteroatoms. The number of nitrogens with one attached hydrogen (secondary N) is 1. The van der Waals surface area contributed by atoms with Crippen molar-refractivity contribution in [2.24, 2.45) is 0 Å². The number of hydrogen-bond acceptors (Lipinski definition) is 4. The second-order valence-electron chi connectivity index (χ2n) is 3.49. The summed E-state index contributed by atoms with van der Waals surface area (Å²) in [6, 6.07) is 9.20. The monoisotopic (exact) mass is 244 g/mol. The summed E-state index contributed by atoms with van der Waals surface area (Å²) in [6.45, 7) is 1.93. The minimum atomic E-state index is 0.426. The van der Waals surface area contributed by atoms with Gasteiger partial charge in [0, 0.05) is 10.7 Å². The molecule has 0 saturated carbocycles. The third-order valence-electron chi connectivity index (χ3n) is 2.28. The third-order valence-corrected chi connectivity index (χ3v) is 2.68. The third kappa shape index (κ3) is 2.52. The fourth-order valence-electron chi connectivity index (χ4n) is 1.32. The molecule has 4 nitrogen and oxygen atoms in total. The van der Waals surface area contributed by atoms with Crippen LogP contribution in [0.2, 0.25) is 5.02 Å². The summed E-state index contributed by atoms with van der Waals surface area (Å²) in [4.78, 5) is 0. The highest BCUT2D eigenvalue weighted by atomic mass is 35.5. The normalized spacial score (nSPS) is 9.71. The van der Waals surface area contributed by atoms with Crippen LogP contribution >= 0.6 is 11.6 Å². The predicted molar refractivity (Wildman–Crippen MR) is 66.2 cm³/mol. The molecule has 1 N–H and O–H groups in total. The molecule has 17 heavy (non-hydrogen) atoms. The van der Waals surface area contributed by atoms with Crippen LogP contribution in [0.3, 0.4) is 0 Å². The van der Waals surface area contributed by atoms with Crippen molar-refractivity contribution in [3.05, 3.63) is 46.6 Å². The Hall–Kier alpha value is -2.12. The maximum absolute atomic E-state index is 8.91. The van der Waals surface area contributed by atoms with Crippen molar-refractivity contribution in [3.8, 4) is 6.07 Å². The van der Waals surface area contributed by atoms with Gasteiger partial charge in [-0.25, -0.2) is 0 Å². The van der Waals surface area contributed by atoms with E-state index in [-0.39, 0.29) is 0 Å². The number of benzene rings is 1. The summed E-state index contributed by atoms with van der Waals surface area (Å²) in [7, 11) is 0. The van der Waals surface area contributed by atoms with Crippen LogP contribution in [0.5, 0.6) is 0 Å². The SMILES string of the molecule is Cc1ccc(Nc2nnccc2C#N)cc1Cl. The van der Waals surface area contributed by atoms with Gasteiger partial charge in [-0.2, -0.15) is 10.4 Å². The highest BCUT2D eigenvalue weighted by molar-refractivity contribution is 6.31. The summed E-state index contributed by atoms with van der Waals surface area (Å²) in [5, 5.41) is 20.2. The summed E-state index contributed by atoms with van der Waals surface area (Å²) in [5.41, 5.74) is 2.21. The Kier molecular flexibility index (Phi) is 3.22. The van der Waals surface area contributed by atoms with Crippen molar-refractivity contribution in [1.82, 2.24) is 10.2 Å². The second-order valence-corrected chi connectivity index (χ2v) is 3.90. The molecule has 0 aliphatic heterocycles. The van der Waals surface area contributed by atoms with E-state index >= 15 is 0 Å². The molecule has 0 amide bonds. The molecule has 1 aromatic heterocycles. The van der Waals surface area contributed by atoms with Crippen molar-refractivity contribution >= 4 is 23.1 Å². The lowest BCUT2D eigenvalue weighted by molar-refractivity contribution is 1.03. The standard InChI is InChI=1S/C12H9ClN4/c1-8-2-3-10(6-11(8)13)16-12-9(7-14)4-5-15-17-12/h2-6H,1H3,(H,16,17). The minimum Gasteiger partial charge on any atom is -0.338 e. The van der Waals surface area contributed by atoms with Crippen LogP contribution in [0.4, 0.5) is 11.5 Å². The predicted octanol–water partition coefficient (Wildman–Crippen LogP) is 3.05. The zero-order chi connectivity index (χ0) is 12.3. The van der Waals surface area contributed by atoms with Crippen LogP contribution in [-0.4, -0.2) is 10.2 Å². The zero-order valence-electron chi connectivity index (χ0n) is 9.11. The quantitative estimate of drug-likeness (QED) is 0.882. The molecule has 84 valence electrons. The van der Waals surface area contributed by atoms with Gasteiger partial charge in [-0.1, -0.05) is 17.7 Å². The number of halogens is 1. The maximum atomic E-state index is 8.91. The van der Waals surface area contributed by atoms with Crippen molar-refractivity contribution in [2.75, 3.05) is 5.32 Å². The first kappa shape index (κ1) is 11.4. The number of nitrogens with zero attached hydrogens (tertiary/aromatic N) is 3. The second kappa shape index (κ2) is 4.81. The average Bonchev–Trinajstić information content (AvgIpc) is 2.34. The average molecular weight is 245 g/mol. The van der Waals surface area contributed by atoms with Crippen LogP contribution in [-0.2, 0) is 0 Å². The number of aromatic nitrogens is 2. The Morgan fingerprint density at radius 2 is 2.18 bits per heavy atom. The smallest absolute Gasteiger partial charge is 0.171 e. The molecular formula is C12H9ClN4. The van der Waals surface area contributed by atoms with E-state index in [1.807, 2.05) is 25.1 Å². The first-order valence-electron chi connectivity index (χ1n) is 4.95. The molecule has 0 radical (unpaired) electrons. The van der Waals surface area contributed by atoms with Crippen LogP contribution in [0.25, 0.3) is 0 Å². The van der Waals surface area contributed by atoms with Crippen LogP contribution in [0.1, 0.15) is 11.1 Å². The first-order chi connectivity index (χ1) is 8.20. The van der Waals surface area contributed by atoms with E-state index in [9.17, 15) is 0 Å². The summed E-state index contributed by atoms with van der Waals surface area (Å²) >= 11 is 6.01. The van der Waals surface area contributed by atoms with Gasteiger partial charge in [-0.05, 0) is 30.7 Å². The number of anilines is 2. The lowest BCUT2D eigenvalue weighted by atomic mass is 10.2. The van der Waals surface area contributed by atoms with Gasteiger partial charge in [0.05, 0.1) is 11.8 Å². The number of nitriles is 1. The molecule has 0 aliphatic rings. The molecule has 0 bridgehead atoms. The topological polar surface area (TPSA) is 61.6 Å². The van der Waals surface area contributed by atoms with Crippen molar-refractivity contribution in [2.45, 2.75) is 6.92 Å². The highest BCUT2D eigenvalue weighted by Gasteiger charge is 2.04. The molecule has 0 atom stereocenters. The molecule has 0 saturated heterocycles. The van der Waals surface area contributed by atoms with Gasteiger partial charge in [-0.15, -0.1) is 5.10 Å². The molecule has 0 unspecified atom stereocenters. The van der Waals surface area contributed by atoms with E-state index in [2.05, 4.69) is 15.5 Å². The van der Waals surface area contributed by atoms with Gasteiger partial charge in [-0.3, -0.25) is 0 Å². The van der Waals surface area contributed by atoms with Gasteiger partial charge in [0.2, 0.25) is 0 Å². The number of rotatable bonds is 2. The van der Waals surface area contributed by atoms with E-state index in [1.165, 1.54) is 6.20 Å². The van der Waals surface area contributed by atoms with Crippen LogP contribution in [0, 0.1) is 18.3 Å². The fourth-order valence-corrected chi connectivity index (χ4v) is 1.50.